The van der Waals surface area contributed by atoms with E-state index < -0.39 is 0 Å². The van der Waals surface area contributed by atoms with E-state index in [-0.39, 0.29) is 12.1 Å². The second-order valence-electron chi connectivity index (χ2n) is 4.31. The fourth-order valence-corrected chi connectivity index (χ4v) is 1.91. The summed E-state index contributed by atoms with van der Waals surface area (Å²) >= 11 is 11.8. The zero-order valence-electron chi connectivity index (χ0n) is 9.84. The molecule has 1 aromatic rings. The molecule has 0 aliphatic rings. The van der Waals surface area contributed by atoms with E-state index in [1.807, 2.05) is 19.1 Å². The molecule has 0 saturated carbocycles. The third kappa shape index (κ3) is 4.32. The molecule has 0 aliphatic carbocycles. The summed E-state index contributed by atoms with van der Waals surface area (Å²) < 4.78 is 0. The summed E-state index contributed by atoms with van der Waals surface area (Å²) in [5, 5.41) is 13.8. The number of halogens is 2. The Hall–Kier alpha value is -0.540. The molecule has 94 valence electrons. The van der Waals surface area contributed by atoms with E-state index in [2.05, 4.69) is 11.9 Å². The van der Waals surface area contributed by atoms with E-state index in [1.54, 1.807) is 12.1 Å². The van der Waals surface area contributed by atoms with Crippen molar-refractivity contribution in [2.45, 2.75) is 18.9 Å². The van der Waals surface area contributed by atoms with Crippen LogP contribution >= 0.6 is 23.2 Å². The summed E-state index contributed by atoms with van der Waals surface area (Å²) in [6, 6.07) is 5.51. The number of hydrogen-bond acceptors (Lipinski definition) is 2. The fourth-order valence-electron chi connectivity index (χ4n) is 1.59. The molecule has 1 atom stereocenters. The van der Waals surface area contributed by atoms with Gasteiger partial charge in [-0.1, -0.05) is 35.3 Å². The van der Waals surface area contributed by atoms with Gasteiger partial charge in [-0.2, -0.15) is 0 Å². The van der Waals surface area contributed by atoms with Crippen molar-refractivity contribution >= 4 is 23.2 Å². The Morgan fingerprint density at radius 2 is 2.12 bits per heavy atom. The van der Waals surface area contributed by atoms with Crippen molar-refractivity contribution in [2.75, 3.05) is 13.2 Å². The van der Waals surface area contributed by atoms with Gasteiger partial charge in [-0.25, -0.2) is 0 Å². The van der Waals surface area contributed by atoms with Crippen LogP contribution in [0.25, 0.3) is 0 Å². The van der Waals surface area contributed by atoms with Crippen molar-refractivity contribution < 1.29 is 5.11 Å². The molecular weight excluding hydrogens is 257 g/mol. The SMILES string of the molecule is C=CCN[C@](C)(CO)Cc1ccc(Cl)c(Cl)c1. The summed E-state index contributed by atoms with van der Waals surface area (Å²) in [4.78, 5) is 0. The number of rotatable bonds is 6. The predicted molar refractivity (Wildman–Crippen MR) is 73.9 cm³/mol. The van der Waals surface area contributed by atoms with Crippen LogP contribution < -0.4 is 5.32 Å². The van der Waals surface area contributed by atoms with Crippen molar-refractivity contribution in [3.63, 3.8) is 0 Å². The Morgan fingerprint density at radius 1 is 1.41 bits per heavy atom. The maximum atomic E-state index is 9.44. The van der Waals surface area contributed by atoms with E-state index in [1.165, 1.54) is 0 Å². The van der Waals surface area contributed by atoms with Crippen LogP contribution in [0.2, 0.25) is 10.0 Å². The first-order valence-electron chi connectivity index (χ1n) is 5.41. The van der Waals surface area contributed by atoms with E-state index in [0.29, 0.717) is 23.0 Å². The van der Waals surface area contributed by atoms with Crippen LogP contribution in [0.15, 0.2) is 30.9 Å². The van der Waals surface area contributed by atoms with Gasteiger partial charge in [0, 0.05) is 12.1 Å². The quantitative estimate of drug-likeness (QED) is 0.781. The van der Waals surface area contributed by atoms with Gasteiger partial charge >= 0.3 is 0 Å². The van der Waals surface area contributed by atoms with Gasteiger partial charge < -0.3 is 10.4 Å². The molecule has 0 fully saturated rings. The minimum absolute atomic E-state index is 0.0427. The molecule has 17 heavy (non-hydrogen) atoms. The van der Waals surface area contributed by atoms with Crippen LogP contribution in [0.4, 0.5) is 0 Å². The lowest BCUT2D eigenvalue weighted by Crippen LogP contribution is -2.47. The Labute approximate surface area is 112 Å². The van der Waals surface area contributed by atoms with Gasteiger partial charge in [0.1, 0.15) is 0 Å². The molecule has 0 spiro atoms. The summed E-state index contributed by atoms with van der Waals surface area (Å²) in [5.74, 6) is 0. The molecule has 1 rings (SSSR count). The van der Waals surface area contributed by atoms with Crippen LogP contribution in [0, 0.1) is 0 Å². The average molecular weight is 274 g/mol. The van der Waals surface area contributed by atoms with Crippen molar-refractivity contribution in [3.8, 4) is 0 Å². The van der Waals surface area contributed by atoms with Gasteiger partial charge in [0.2, 0.25) is 0 Å². The van der Waals surface area contributed by atoms with Crippen molar-refractivity contribution in [1.82, 2.24) is 5.32 Å². The Bertz CT molecular complexity index is 395. The van der Waals surface area contributed by atoms with Crippen LogP contribution in [0.1, 0.15) is 12.5 Å². The molecule has 0 unspecified atom stereocenters. The molecule has 0 radical (unpaired) electrons. The molecule has 0 bridgehead atoms. The second-order valence-corrected chi connectivity index (χ2v) is 5.13. The van der Waals surface area contributed by atoms with E-state index in [9.17, 15) is 5.11 Å². The Morgan fingerprint density at radius 3 is 2.65 bits per heavy atom. The molecule has 0 heterocycles. The normalized spacial score (nSPS) is 14.4. The number of nitrogens with one attached hydrogen (secondary N) is 1. The third-order valence-corrected chi connectivity index (χ3v) is 3.34. The van der Waals surface area contributed by atoms with Crippen molar-refractivity contribution in [2.24, 2.45) is 0 Å². The molecule has 0 amide bonds. The lowest BCUT2D eigenvalue weighted by molar-refractivity contribution is 0.178. The highest BCUT2D eigenvalue weighted by Gasteiger charge is 2.22. The summed E-state index contributed by atoms with van der Waals surface area (Å²) in [6.07, 6.45) is 2.44. The zero-order valence-corrected chi connectivity index (χ0v) is 11.4. The lowest BCUT2D eigenvalue weighted by atomic mass is 9.93. The number of hydrogen-bond donors (Lipinski definition) is 2. The topological polar surface area (TPSA) is 32.3 Å². The first-order chi connectivity index (χ1) is 8.00. The highest BCUT2D eigenvalue weighted by atomic mass is 35.5. The van der Waals surface area contributed by atoms with Crippen LogP contribution in [0.5, 0.6) is 0 Å². The minimum atomic E-state index is -0.384. The predicted octanol–water partition coefficient (Wildman–Crippen LogP) is 3.06. The number of benzene rings is 1. The summed E-state index contributed by atoms with van der Waals surface area (Å²) in [5.41, 5.74) is 0.651. The van der Waals surface area contributed by atoms with E-state index in [4.69, 9.17) is 23.2 Å². The number of aliphatic hydroxyl groups excluding tert-OH is 1. The van der Waals surface area contributed by atoms with Crippen LogP contribution in [0.3, 0.4) is 0 Å². The van der Waals surface area contributed by atoms with Crippen molar-refractivity contribution in [3.05, 3.63) is 46.5 Å². The first kappa shape index (κ1) is 14.5. The van der Waals surface area contributed by atoms with Crippen LogP contribution in [-0.2, 0) is 6.42 Å². The van der Waals surface area contributed by atoms with Gasteiger partial charge in [0.15, 0.2) is 0 Å². The fraction of sp³-hybridized carbons (Fsp3) is 0.385. The molecule has 2 N–H and O–H groups in total. The van der Waals surface area contributed by atoms with Gasteiger partial charge in [0.25, 0.3) is 0 Å². The first-order valence-corrected chi connectivity index (χ1v) is 6.17. The highest BCUT2D eigenvalue weighted by Crippen LogP contribution is 2.24. The standard InChI is InChI=1S/C13H17Cl2NO/c1-3-6-16-13(2,9-17)8-10-4-5-11(14)12(15)7-10/h3-5,7,16-17H,1,6,8-9H2,2H3/t13-/m0/s1. The molecule has 4 heteroatoms. The minimum Gasteiger partial charge on any atom is -0.394 e. The van der Waals surface area contributed by atoms with Gasteiger partial charge in [-0.15, -0.1) is 6.58 Å². The van der Waals surface area contributed by atoms with E-state index in [0.717, 1.165) is 5.56 Å². The monoisotopic (exact) mass is 273 g/mol. The van der Waals surface area contributed by atoms with Gasteiger partial charge in [-0.3, -0.25) is 0 Å². The van der Waals surface area contributed by atoms with Crippen LogP contribution in [-0.4, -0.2) is 23.8 Å². The summed E-state index contributed by atoms with van der Waals surface area (Å²) in [7, 11) is 0. The molecule has 0 aromatic heterocycles. The van der Waals surface area contributed by atoms with Gasteiger partial charge in [0.05, 0.1) is 16.7 Å². The molecule has 0 aliphatic heterocycles. The average Bonchev–Trinajstić information content (AvgIpc) is 2.31. The lowest BCUT2D eigenvalue weighted by Gasteiger charge is -2.28. The van der Waals surface area contributed by atoms with E-state index >= 15 is 0 Å². The van der Waals surface area contributed by atoms with Crippen molar-refractivity contribution in [1.29, 1.82) is 0 Å². The molecule has 2 nitrogen and oxygen atoms in total. The zero-order chi connectivity index (χ0) is 12.9. The maximum Gasteiger partial charge on any atom is 0.0613 e. The molecular formula is C13H17Cl2NO. The summed E-state index contributed by atoms with van der Waals surface area (Å²) in [6.45, 7) is 6.30. The highest BCUT2D eigenvalue weighted by molar-refractivity contribution is 6.42. The maximum absolute atomic E-state index is 9.44. The second kappa shape index (κ2) is 6.41. The molecule has 1 aromatic carbocycles. The number of aliphatic hydroxyl groups is 1. The Balaban J connectivity index is 2.79. The third-order valence-electron chi connectivity index (χ3n) is 2.60. The smallest absolute Gasteiger partial charge is 0.0613 e. The van der Waals surface area contributed by atoms with Gasteiger partial charge in [-0.05, 0) is 31.0 Å². The largest absolute Gasteiger partial charge is 0.394 e. The molecule has 0 saturated heterocycles. The Kier molecular flexibility index (Phi) is 5.47.